The van der Waals surface area contributed by atoms with E-state index in [0.29, 0.717) is 12.6 Å². The summed E-state index contributed by atoms with van der Waals surface area (Å²) in [6.07, 6.45) is 1.95. The van der Waals surface area contributed by atoms with Gasteiger partial charge in [0, 0.05) is 19.1 Å². The van der Waals surface area contributed by atoms with Crippen molar-refractivity contribution in [3.8, 4) is 0 Å². The van der Waals surface area contributed by atoms with Crippen LogP contribution in [-0.2, 0) is 10.2 Å². The normalized spacial score (nSPS) is 16.6. The maximum atomic E-state index is 12.2. The molecule has 3 nitrogen and oxygen atoms in total. The zero-order valence-corrected chi connectivity index (χ0v) is 11.2. The van der Waals surface area contributed by atoms with E-state index in [4.69, 9.17) is 0 Å². The molecule has 0 aliphatic heterocycles. The van der Waals surface area contributed by atoms with E-state index in [9.17, 15) is 4.79 Å². The number of amides is 1. The quantitative estimate of drug-likeness (QED) is 0.752. The summed E-state index contributed by atoms with van der Waals surface area (Å²) >= 11 is 0. The minimum atomic E-state index is -0.237. The van der Waals surface area contributed by atoms with Gasteiger partial charge in [0.25, 0.3) is 0 Å². The lowest BCUT2D eigenvalue weighted by atomic mass is 9.95. The van der Waals surface area contributed by atoms with Gasteiger partial charge in [0.15, 0.2) is 0 Å². The molecule has 1 aromatic carbocycles. The molecule has 18 heavy (non-hydrogen) atoms. The van der Waals surface area contributed by atoms with Crippen LogP contribution in [0.15, 0.2) is 30.3 Å². The van der Waals surface area contributed by atoms with Crippen LogP contribution in [0, 0.1) is 0 Å². The average molecular weight is 246 g/mol. The lowest BCUT2D eigenvalue weighted by molar-refractivity contribution is -0.123. The molecule has 0 unspecified atom stereocenters. The third kappa shape index (κ3) is 2.91. The Morgan fingerprint density at radius 3 is 2.44 bits per heavy atom. The molecule has 1 saturated carbocycles. The minimum absolute atomic E-state index is 0.180. The molecule has 1 aromatic rings. The average Bonchev–Trinajstić information content (AvgIpc) is 3.17. The van der Waals surface area contributed by atoms with Gasteiger partial charge in [-0.25, -0.2) is 0 Å². The first-order chi connectivity index (χ1) is 8.65. The van der Waals surface area contributed by atoms with Gasteiger partial charge in [0.1, 0.15) is 0 Å². The zero-order chi connectivity index (χ0) is 13.0. The Morgan fingerprint density at radius 1 is 1.22 bits per heavy atom. The second-order valence-electron chi connectivity index (χ2n) is 5.31. The van der Waals surface area contributed by atoms with Crippen molar-refractivity contribution in [3.63, 3.8) is 0 Å². The minimum Gasteiger partial charge on any atom is -0.354 e. The summed E-state index contributed by atoms with van der Waals surface area (Å²) < 4.78 is 0. The van der Waals surface area contributed by atoms with Crippen LogP contribution in [0.1, 0.15) is 32.3 Å². The lowest BCUT2D eigenvalue weighted by Gasteiger charge is -2.16. The summed E-state index contributed by atoms with van der Waals surface area (Å²) in [5.41, 5.74) is 0.915. The summed E-state index contributed by atoms with van der Waals surface area (Å²) in [6.45, 7) is 5.74. The molecule has 0 bridgehead atoms. The molecular weight excluding hydrogens is 224 g/mol. The van der Waals surface area contributed by atoms with Crippen LogP contribution < -0.4 is 10.6 Å². The van der Waals surface area contributed by atoms with Gasteiger partial charge in [0.2, 0.25) is 5.91 Å². The fourth-order valence-electron chi connectivity index (χ4n) is 2.24. The van der Waals surface area contributed by atoms with Crippen LogP contribution >= 0.6 is 0 Å². The van der Waals surface area contributed by atoms with Crippen molar-refractivity contribution in [2.75, 3.05) is 13.1 Å². The predicted octanol–water partition coefficient (Wildman–Crippen LogP) is 1.83. The summed E-state index contributed by atoms with van der Waals surface area (Å²) in [5.74, 6) is 0.180. The monoisotopic (exact) mass is 246 g/mol. The zero-order valence-electron chi connectivity index (χ0n) is 11.2. The number of rotatable bonds is 6. The smallest absolute Gasteiger partial charge is 0.230 e. The summed E-state index contributed by atoms with van der Waals surface area (Å²) in [6, 6.07) is 10.6. The molecule has 0 spiro atoms. The second kappa shape index (κ2) is 5.53. The Bertz CT molecular complexity index is 396. The Hall–Kier alpha value is -1.35. The van der Waals surface area contributed by atoms with Crippen molar-refractivity contribution in [3.05, 3.63) is 35.9 Å². The molecule has 98 valence electrons. The molecule has 0 radical (unpaired) electrons. The Balaban J connectivity index is 1.86. The Kier molecular flexibility index (Phi) is 4.02. The molecule has 1 aliphatic carbocycles. The molecular formula is C15H22N2O. The van der Waals surface area contributed by atoms with Crippen LogP contribution in [0.3, 0.4) is 0 Å². The molecule has 0 aromatic heterocycles. The van der Waals surface area contributed by atoms with E-state index in [0.717, 1.165) is 24.9 Å². The standard InChI is InChI=1S/C15H22N2O/c1-12(2)16-10-11-17-14(18)15(8-9-15)13-6-4-3-5-7-13/h3-7,12,16H,8-11H2,1-2H3,(H,17,18). The number of carbonyl (C=O) groups is 1. The van der Waals surface area contributed by atoms with Crippen molar-refractivity contribution in [2.24, 2.45) is 0 Å². The van der Waals surface area contributed by atoms with E-state index in [1.54, 1.807) is 0 Å². The first-order valence-electron chi connectivity index (χ1n) is 6.72. The molecule has 0 atom stereocenters. The number of nitrogens with one attached hydrogen (secondary N) is 2. The number of hydrogen-bond donors (Lipinski definition) is 2. The topological polar surface area (TPSA) is 41.1 Å². The van der Waals surface area contributed by atoms with Gasteiger partial charge >= 0.3 is 0 Å². The van der Waals surface area contributed by atoms with Gasteiger partial charge in [-0.3, -0.25) is 4.79 Å². The van der Waals surface area contributed by atoms with Gasteiger partial charge in [-0.05, 0) is 18.4 Å². The highest BCUT2D eigenvalue weighted by Crippen LogP contribution is 2.48. The fraction of sp³-hybridized carbons (Fsp3) is 0.533. The Labute approximate surface area is 109 Å². The molecule has 1 amide bonds. The summed E-state index contributed by atoms with van der Waals surface area (Å²) in [5, 5.41) is 6.34. The van der Waals surface area contributed by atoms with Gasteiger partial charge < -0.3 is 10.6 Å². The predicted molar refractivity (Wildman–Crippen MR) is 73.5 cm³/mol. The van der Waals surface area contributed by atoms with Crippen LogP contribution in [0.5, 0.6) is 0 Å². The van der Waals surface area contributed by atoms with E-state index in [1.807, 2.05) is 18.2 Å². The van der Waals surface area contributed by atoms with Crippen LogP contribution in [0.4, 0.5) is 0 Å². The number of carbonyl (C=O) groups excluding carboxylic acids is 1. The SMILES string of the molecule is CC(C)NCCNC(=O)C1(c2ccccc2)CC1. The van der Waals surface area contributed by atoms with Gasteiger partial charge in [-0.15, -0.1) is 0 Å². The van der Waals surface area contributed by atoms with Gasteiger partial charge in [-0.2, -0.15) is 0 Å². The first kappa shape index (κ1) is 13.1. The van der Waals surface area contributed by atoms with Gasteiger partial charge in [-0.1, -0.05) is 44.2 Å². The van der Waals surface area contributed by atoms with E-state index in [2.05, 4.69) is 36.6 Å². The van der Waals surface area contributed by atoms with E-state index in [1.165, 1.54) is 0 Å². The molecule has 0 saturated heterocycles. The maximum absolute atomic E-state index is 12.2. The largest absolute Gasteiger partial charge is 0.354 e. The third-order valence-electron chi connectivity index (χ3n) is 3.47. The summed E-state index contributed by atoms with van der Waals surface area (Å²) in [4.78, 5) is 12.2. The molecule has 3 heteroatoms. The fourth-order valence-corrected chi connectivity index (χ4v) is 2.24. The van der Waals surface area contributed by atoms with Crippen molar-refractivity contribution in [1.82, 2.24) is 10.6 Å². The first-order valence-corrected chi connectivity index (χ1v) is 6.72. The molecule has 0 heterocycles. The lowest BCUT2D eigenvalue weighted by Crippen LogP contribution is -2.39. The number of hydrogen-bond acceptors (Lipinski definition) is 2. The Morgan fingerprint density at radius 2 is 1.89 bits per heavy atom. The highest BCUT2D eigenvalue weighted by atomic mass is 16.2. The van der Waals surface area contributed by atoms with Crippen LogP contribution in [0.25, 0.3) is 0 Å². The molecule has 1 fully saturated rings. The summed E-state index contributed by atoms with van der Waals surface area (Å²) in [7, 11) is 0. The van der Waals surface area contributed by atoms with E-state index in [-0.39, 0.29) is 11.3 Å². The third-order valence-corrected chi connectivity index (χ3v) is 3.47. The number of benzene rings is 1. The molecule has 2 N–H and O–H groups in total. The van der Waals surface area contributed by atoms with E-state index < -0.39 is 0 Å². The van der Waals surface area contributed by atoms with Crippen molar-refractivity contribution in [1.29, 1.82) is 0 Å². The maximum Gasteiger partial charge on any atom is 0.230 e. The molecule has 1 aliphatic rings. The van der Waals surface area contributed by atoms with Crippen LogP contribution in [0.2, 0.25) is 0 Å². The van der Waals surface area contributed by atoms with E-state index >= 15 is 0 Å². The van der Waals surface area contributed by atoms with Crippen molar-refractivity contribution < 1.29 is 4.79 Å². The van der Waals surface area contributed by atoms with Crippen LogP contribution in [-0.4, -0.2) is 25.0 Å². The van der Waals surface area contributed by atoms with Crippen molar-refractivity contribution >= 4 is 5.91 Å². The second-order valence-corrected chi connectivity index (χ2v) is 5.31. The highest BCUT2D eigenvalue weighted by Gasteiger charge is 2.50. The highest BCUT2D eigenvalue weighted by molar-refractivity contribution is 5.91. The molecule has 2 rings (SSSR count). The van der Waals surface area contributed by atoms with Crippen molar-refractivity contribution in [2.45, 2.75) is 38.1 Å². The van der Waals surface area contributed by atoms with Gasteiger partial charge in [0.05, 0.1) is 5.41 Å².